The predicted molar refractivity (Wildman–Crippen MR) is 62.2 cm³/mol. The van der Waals surface area contributed by atoms with Gasteiger partial charge in [-0.2, -0.15) is 0 Å². The summed E-state index contributed by atoms with van der Waals surface area (Å²) in [6.45, 7) is 2.75. The summed E-state index contributed by atoms with van der Waals surface area (Å²) in [6, 6.07) is 0.428. The number of amides is 1. The van der Waals surface area contributed by atoms with Crippen LogP contribution in [0.1, 0.15) is 25.7 Å². The summed E-state index contributed by atoms with van der Waals surface area (Å²) in [6.07, 6.45) is 4.92. The SMILES string of the molecule is CNCC(=O)N1CCOC[C@@H]2CCCC[C@@H]21. The summed E-state index contributed by atoms with van der Waals surface area (Å²) >= 11 is 0. The third-order valence-electron chi connectivity index (χ3n) is 3.73. The van der Waals surface area contributed by atoms with E-state index in [1.54, 1.807) is 0 Å². The quantitative estimate of drug-likeness (QED) is 0.750. The number of carbonyl (C=O) groups is 1. The van der Waals surface area contributed by atoms with Crippen LogP contribution in [0, 0.1) is 5.92 Å². The average Bonchev–Trinajstić information content (AvgIpc) is 2.51. The monoisotopic (exact) mass is 226 g/mol. The molecule has 0 unspecified atom stereocenters. The van der Waals surface area contributed by atoms with Crippen LogP contribution in [-0.2, 0) is 9.53 Å². The van der Waals surface area contributed by atoms with Crippen LogP contribution in [0.5, 0.6) is 0 Å². The molecule has 1 amide bonds. The van der Waals surface area contributed by atoms with Crippen molar-refractivity contribution < 1.29 is 9.53 Å². The van der Waals surface area contributed by atoms with Gasteiger partial charge in [0.25, 0.3) is 0 Å². The topological polar surface area (TPSA) is 41.6 Å². The predicted octanol–water partition coefficient (Wildman–Crippen LogP) is 0.623. The lowest BCUT2D eigenvalue weighted by atomic mass is 9.84. The number of rotatable bonds is 2. The highest BCUT2D eigenvalue weighted by Gasteiger charge is 2.34. The lowest BCUT2D eigenvalue weighted by Gasteiger charge is -2.37. The van der Waals surface area contributed by atoms with Gasteiger partial charge in [-0.1, -0.05) is 12.8 Å². The van der Waals surface area contributed by atoms with Gasteiger partial charge in [-0.3, -0.25) is 4.79 Å². The van der Waals surface area contributed by atoms with Gasteiger partial charge in [0.15, 0.2) is 0 Å². The molecule has 1 aliphatic heterocycles. The number of nitrogens with one attached hydrogen (secondary N) is 1. The maximum absolute atomic E-state index is 12.0. The van der Waals surface area contributed by atoms with Crippen LogP contribution in [0.25, 0.3) is 0 Å². The molecular weight excluding hydrogens is 204 g/mol. The van der Waals surface area contributed by atoms with Gasteiger partial charge in [0.2, 0.25) is 5.91 Å². The van der Waals surface area contributed by atoms with Gasteiger partial charge in [-0.25, -0.2) is 0 Å². The molecule has 0 aromatic rings. The smallest absolute Gasteiger partial charge is 0.236 e. The Kier molecular flexibility index (Phi) is 4.18. The molecule has 2 fully saturated rings. The second-order valence-electron chi connectivity index (χ2n) is 4.80. The summed E-state index contributed by atoms with van der Waals surface area (Å²) in [4.78, 5) is 14.1. The van der Waals surface area contributed by atoms with E-state index in [0.717, 1.165) is 19.6 Å². The van der Waals surface area contributed by atoms with Crippen LogP contribution < -0.4 is 5.32 Å². The fourth-order valence-corrected chi connectivity index (χ4v) is 2.92. The van der Waals surface area contributed by atoms with Crippen LogP contribution in [0.2, 0.25) is 0 Å². The van der Waals surface area contributed by atoms with Gasteiger partial charge in [-0.05, 0) is 19.9 Å². The number of fused-ring (bicyclic) bond motifs is 1. The Hall–Kier alpha value is -0.610. The average molecular weight is 226 g/mol. The molecule has 1 heterocycles. The highest BCUT2D eigenvalue weighted by Crippen LogP contribution is 2.30. The van der Waals surface area contributed by atoms with Crippen LogP contribution in [0.4, 0.5) is 0 Å². The molecule has 1 saturated carbocycles. The highest BCUT2D eigenvalue weighted by atomic mass is 16.5. The van der Waals surface area contributed by atoms with E-state index >= 15 is 0 Å². The molecule has 0 spiro atoms. The second-order valence-corrected chi connectivity index (χ2v) is 4.80. The fraction of sp³-hybridized carbons (Fsp3) is 0.917. The molecule has 0 radical (unpaired) electrons. The van der Waals surface area contributed by atoms with E-state index in [1.165, 1.54) is 19.3 Å². The molecule has 2 rings (SSSR count). The third kappa shape index (κ3) is 2.55. The van der Waals surface area contributed by atoms with E-state index in [9.17, 15) is 4.79 Å². The van der Waals surface area contributed by atoms with Crippen LogP contribution in [0.15, 0.2) is 0 Å². The number of hydrogen-bond donors (Lipinski definition) is 1. The molecule has 16 heavy (non-hydrogen) atoms. The Morgan fingerprint density at radius 3 is 3.06 bits per heavy atom. The number of ether oxygens (including phenoxy) is 1. The first kappa shape index (κ1) is 11.9. The first-order valence-electron chi connectivity index (χ1n) is 6.34. The lowest BCUT2D eigenvalue weighted by Crippen LogP contribution is -2.48. The minimum absolute atomic E-state index is 0.227. The first-order valence-corrected chi connectivity index (χ1v) is 6.34. The van der Waals surface area contributed by atoms with E-state index in [0.29, 0.717) is 25.1 Å². The molecule has 92 valence electrons. The number of hydrogen-bond acceptors (Lipinski definition) is 3. The maximum atomic E-state index is 12.0. The first-order chi connectivity index (χ1) is 7.83. The molecular formula is C12H22N2O2. The van der Waals surface area contributed by atoms with Gasteiger partial charge >= 0.3 is 0 Å². The largest absolute Gasteiger partial charge is 0.379 e. The van der Waals surface area contributed by atoms with E-state index < -0.39 is 0 Å². The Morgan fingerprint density at radius 1 is 1.44 bits per heavy atom. The van der Waals surface area contributed by atoms with Gasteiger partial charge < -0.3 is 15.0 Å². The molecule has 1 saturated heterocycles. The van der Waals surface area contributed by atoms with Crippen molar-refractivity contribution >= 4 is 5.91 Å². The summed E-state index contributed by atoms with van der Waals surface area (Å²) in [5.41, 5.74) is 0. The Bertz CT molecular complexity index is 245. The van der Waals surface area contributed by atoms with E-state index in [2.05, 4.69) is 5.32 Å². The van der Waals surface area contributed by atoms with Crippen molar-refractivity contribution in [1.29, 1.82) is 0 Å². The summed E-state index contributed by atoms with van der Waals surface area (Å²) in [5, 5.41) is 2.95. The molecule has 4 heteroatoms. The number of nitrogens with zero attached hydrogens (tertiary/aromatic N) is 1. The lowest BCUT2D eigenvalue weighted by molar-refractivity contribution is -0.133. The van der Waals surface area contributed by atoms with Crippen molar-refractivity contribution in [3.8, 4) is 0 Å². The minimum Gasteiger partial charge on any atom is -0.379 e. The van der Waals surface area contributed by atoms with Gasteiger partial charge in [0.1, 0.15) is 0 Å². The highest BCUT2D eigenvalue weighted by molar-refractivity contribution is 5.78. The van der Waals surface area contributed by atoms with Gasteiger partial charge in [0.05, 0.1) is 19.8 Å². The van der Waals surface area contributed by atoms with Crippen molar-refractivity contribution in [1.82, 2.24) is 10.2 Å². The summed E-state index contributed by atoms with van der Waals surface area (Å²) in [7, 11) is 1.82. The summed E-state index contributed by atoms with van der Waals surface area (Å²) in [5.74, 6) is 0.793. The maximum Gasteiger partial charge on any atom is 0.236 e. The number of likely N-dealkylation sites (N-methyl/N-ethyl adjacent to an activating group) is 1. The fourth-order valence-electron chi connectivity index (χ4n) is 2.92. The minimum atomic E-state index is 0.227. The van der Waals surface area contributed by atoms with Crippen molar-refractivity contribution in [3.05, 3.63) is 0 Å². The summed E-state index contributed by atoms with van der Waals surface area (Å²) < 4.78 is 5.61. The molecule has 0 aromatic carbocycles. The van der Waals surface area contributed by atoms with Crippen molar-refractivity contribution in [3.63, 3.8) is 0 Å². The van der Waals surface area contributed by atoms with Crippen molar-refractivity contribution in [2.45, 2.75) is 31.7 Å². The molecule has 1 aliphatic carbocycles. The molecule has 2 atom stereocenters. The van der Waals surface area contributed by atoms with E-state index in [-0.39, 0.29) is 5.91 Å². The van der Waals surface area contributed by atoms with Crippen LogP contribution in [0.3, 0.4) is 0 Å². The number of carbonyl (C=O) groups excluding carboxylic acids is 1. The molecule has 0 bridgehead atoms. The Morgan fingerprint density at radius 2 is 2.25 bits per heavy atom. The van der Waals surface area contributed by atoms with Crippen molar-refractivity contribution in [2.75, 3.05) is 33.4 Å². The second kappa shape index (κ2) is 5.64. The van der Waals surface area contributed by atoms with E-state index in [4.69, 9.17) is 4.74 Å². The zero-order chi connectivity index (χ0) is 11.4. The van der Waals surface area contributed by atoms with Crippen molar-refractivity contribution in [2.24, 2.45) is 5.92 Å². The standard InChI is InChI=1S/C12H22N2O2/c1-13-8-12(15)14-6-7-16-9-10-4-2-3-5-11(10)14/h10-11,13H,2-9H2,1H3/t10-,11-/m0/s1. The van der Waals surface area contributed by atoms with Crippen LogP contribution in [-0.4, -0.2) is 50.2 Å². The normalized spacial score (nSPS) is 30.7. The molecule has 1 N–H and O–H groups in total. The third-order valence-corrected chi connectivity index (χ3v) is 3.73. The molecule has 2 aliphatic rings. The molecule has 4 nitrogen and oxygen atoms in total. The zero-order valence-corrected chi connectivity index (χ0v) is 10.1. The Labute approximate surface area is 97.3 Å². The van der Waals surface area contributed by atoms with E-state index in [1.807, 2.05) is 11.9 Å². The molecule has 0 aromatic heterocycles. The van der Waals surface area contributed by atoms with Gasteiger partial charge in [0, 0.05) is 18.5 Å². The van der Waals surface area contributed by atoms with Gasteiger partial charge in [-0.15, -0.1) is 0 Å². The van der Waals surface area contributed by atoms with Crippen LogP contribution >= 0.6 is 0 Å². The Balaban J connectivity index is 2.05. The zero-order valence-electron chi connectivity index (χ0n) is 10.1.